The van der Waals surface area contributed by atoms with Gasteiger partial charge in [-0.15, -0.1) is 23.7 Å². The molecule has 0 saturated heterocycles. The van der Waals surface area contributed by atoms with E-state index in [1.165, 1.54) is 12.8 Å². The maximum absolute atomic E-state index is 11.9. The summed E-state index contributed by atoms with van der Waals surface area (Å²) in [5, 5.41) is 7.28. The number of hydrogen-bond donors (Lipinski definition) is 2. The van der Waals surface area contributed by atoms with Crippen LogP contribution in [0.4, 0.5) is 5.69 Å². The Bertz CT molecular complexity index is 652. The third-order valence-corrected chi connectivity index (χ3v) is 4.92. The van der Waals surface area contributed by atoms with Crippen LogP contribution in [0.2, 0.25) is 0 Å². The Hall–Kier alpha value is -1.17. The fraction of sp³-hybridized carbons (Fsp3) is 0.500. The fourth-order valence-corrected chi connectivity index (χ4v) is 3.19. The van der Waals surface area contributed by atoms with Crippen molar-refractivity contribution in [1.82, 2.24) is 10.3 Å². The minimum atomic E-state index is 0. The highest BCUT2D eigenvalue weighted by Crippen LogP contribution is 2.29. The Labute approximate surface area is 141 Å². The summed E-state index contributed by atoms with van der Waals surface area (Å²) in [5.74, 6) is 1.25. The van der Waals surface area contributed by atoms with E-state index in [4.69, 9.17) is 0 Å². The highest BCUT2D eigenvalue weighted by Gasteiger charge is 2.20. The van der Waals surface area contributed by atoms with Gasteiger partial charge in [-0.05, 0) is 43.5 Å². The van der Waals surface area contributed by atoms with Crippen LogP contribution >= 0.6 is 23.7 Å². The number of fused-ring (bicyclic) bond motifs is 1. The van der Waals surface area contributed by atoms with Crippen molar-refractivity contribution < 1.29 is 4.79 Å². The van der Waals surface area contributed by atoms with E-state index in [9.17, 15) is 4.79 Å². The lowest BCUT2D eigenvalue weighted by Gasteiger charge is -2.06. The van der Waals surface area contributed by atoms with Gasteiger partial charge < -0.3 is 10.6 Å². The summed E-state index contributed by atoms with van der Waals surface area (Å²) >= 11 is 1.70. The molecule has 1 fully saturated rings. The van der Waals surface area contributed by atoms with Crippen LogP contribution in [-0.4, -0.2) is 24.0 Å². The molecule has 2 aromatic rings. The number of anilines is 1. The molecule has 0 radical (unpaired) electrons. The zero-order valence-electron chi connectivity index (χ0n) is 12.9. The van der Waals surface area contributed by atoms with E-state index >= 15 is 0 Å². The van der Waals surface area contributed by atoms with Gasteiger partial charge in [0.2, 0.25) is 5.91 Å². The van der Waals surface area contributed by atoms with Crippen LogP contribution in [-0.2, 0) is 4.79 Å². The largest absolute Gasteiger partial charge is 0.325 e. The summed E-state index contributed by atoms with van der Waals surface area (Å²) < 4.78 is 1.13. The Balaban J connectivity index is 0.00000176. The minimum absolute atomic E-state index is 0. The lowest BCUT2D eigenvalue weighted by Crippen LogP contribution is -2.29. The molecular formula is C16H22ClN3OS. The number of amides is 1. The SMILES string of the molecule is CC(C)c1nc2ccc(NC(=O)CNCC3CC3)cc2s1.Cl. The molecule has 22 heavy (non-hydrogen) atoms. The first-order valence-corrected chi connectivity index (χ1v) is 8.34. The molecule has 6 heteroatoms. The highest BCUT2D eigenvalue weighted by atomic mass is 35.5. The Morgan fingerprint density at radius 3 is 2.86 bits per heavy atom. The summed E-state index contributed by atoms with van der Waals surface area (Å²) in [4.78, 5) is 16.5. The van der Waals surface area contributed by atoms with Crippen molar-refractivity contribution in [2.75, 3.05) is 18.4 Å². The Kier molecular flexibility index (Phi) is 5.78. The molecule has 2 N–H and O–H groups in total. The van der Waals surface area contributed by atoms with Gasteiger partial charge in [0.1, 0.15) is 0 Å². The van der Waals surface area contributed by atoms with Crippen molar-refractivity contribution in [2.45, 2.75) is 32.6 Å². The molecule has 0 aliphatic heterocycles. The molecule has 1 saturated carbocycles. The van der Waals surface area contributed by atoms with Crippen molar-refractivity contribution in [3.05, 3.63) is 23.2 Å². The van der Waals surface area contributed by atoms with Crippen LogP contribution in [0.25, 0.3) is 10.2 Å². The Morgan fingerprint density at radius 2 is 2.18 bits per heavy atom. The monoisotopic (exact) mass is 339 g/mol. The Morgan fingerprint density at radius 1 is 1.41 bits per heavy atom. The van der Waals surface area contributed by atoms with E-state index in [2.05, 4.69) is 29.5 Å². The standard InChI is InChI=1S/C16H21N3OS.ClH/c1-10(2)16-19-13-6-5-12(7-14(13)21-16)18-15(20)9-17-8-11-3-4-11;/h5-7,10-11,17H,3-4,8-9H2,1-2H3,(H,18,20);1H. The van der Waals surface area contributed by atoms with E-state index in [0.29, 0.717) is 12.5 Å². The molecule has 1 aromatic carbocycles. The van der Waals surface area contributed by atoms with Gasteiger partial charge in [0.05, 0.1) is 21.8 Å². The third kappa shape index (κ3) is 4.41. The molecular weight excluding hydrogens is 318 g/mol. The van der Waals surface area contributed by atoms with E-state index < -0.39 is 0 Å². The topological polar surface area (TPSA) is 54.0 Å². The van der Waals surface area contributed by atoms with Crippen molar-refractivity contribution >= 4 is 45.6 Å². The normalized spacial score (nSPS) is 14.1. The maximum atomic E-state index is 11.9. The number of benzene rings is 1. The highest BCUT2D eigenvalue weighted by molar-refractivity contribution is 7.18. The number of nitrogens with zero attached hydrogens (tertiary/aromatic N) is 1. The van der Waals surface area contributed by atoms with Crippen LogP contribution in [0.3, 0.4) is 0 Å². The molecule has 0 unspecified atom stereocenters. The second-order valence-corrected chi connectivity index (χ2v) is 7.07. The summed E-state index contributed by atoms with van der Waals surface area (Å²) in [6.07, 6.45) is 2.60. The molecule has 4 nitrogen and oxygen atoms in total. The number of thiazole rings is 1. The van der Waals surface area contributed by atoms with Crippen LogP contribution in [0.1, 0.15) is 37.6 Å². The molecule has 0 atom stereocenters. The van der Waals surface area contributed by atoms with Crippen molar-refractivity contribution in [3.8, 4) is 0 Å². The van der Waals surface area contributed by atoms with Gasteiger partial charge >= 0.3 is 0 Å². The molecule has 1 aliphatic rings. The first-order chi connectivity index (χ1) is 10.1. The van der Waals surface area contributed by atoms with Gasteiger partial charge in [-0.25, -0.2) is 4.98 Å². The summed E-state index contributed by atoms with van der Waals surface area (Å²) in [6, 6.07) is 5.91. The molecule has 3 rings (SSSR count). The minimum Gasteiger partial charge on any atom is -0.325 e. The molecule has 1 aliphatic carbocycles. The predicted molar refractivity (Wildman–Crippen MR) is 95.2 cm³/mol. The number of halogens is 1. The van der Waals surface area contributed by atoms with Gasteiger partial charge in [-0.1, -0.05) is 13.8 Å². The predicted octanol–water partition coefficient (Wildman–Crippen LogP) is 3.78. The average Bonchev–Trinajstić information content (AvgIpc) is 3.15. The number of rotatable bonds is 6. The number of aromatic nitrogens is 1. The molecule has 0 bridgehead atoms. The lowest BCUT2D eigenvalue weighted by molar-refractivity contribution is -0.115. The van der Waals surface area contributed by atoms with Crippen LogP contribution in [0, 0.1) is 5.92 Å². The maximum Gasteiger partial charge on any atom is 0.238 e. The summed E-state index contributed by atoms with van der Waals surface area (Å²) in [6.45, 7) is 5.63. The van der Waals surface area contributed by atoms with Crippen molar-refractivity contribution in [3.63, 3.8) is 0 Å². The van der Waals surface area contributed by atoms with Gasteiger partial charge in [0.25, 0.3) is 0 Å². The third-order valence-electron chi connectivity index (χ3n) is 3.60. The zero-order chi connectivity index (χ0) is 14.8. The molecule has 1 amide bonds. The van der Waals surface area contributed by atoms with Crippen molar-refractivity contribution in [1.29, 1.82) is 0 Å². The van der Waals surface area contributed by atoms with Crippen LogP contribution in [0.15, 0.2) is 18.2 Å². The zero-order valence-corrected chi connectivity index (χ0v) is 14.5. The second-order valence-electron chi connectivity index (χ2n) is 6.01. The molecule has 1 heterocycles. The second kappa shape index (κ2) is 7.40. The lowest BCUT2D eigenvalue weighted by atomic mass is 10.2. The average molecular weight is 340 g/mol. The smallest absolute Gasteiger partial charge is 0.238 e. The van der Waals surface area contributed by atoms with E-state index in [1.807, 2.05) is 18.2 Å². The quantitative estimate of drug-likeness (QED) is 0.842. The number of hydrogen-bond acceptors (Lipinski definition) is 4. The summed E-state index contributed by atoms with van der Waals surface area (Å²) in [5.41, 5.74) is 1.85. The van der Waals surface area contributed by atoms with Gasteiger partial charge in [-0.2, -0.15) is 0 Å². The van der Waals surface area contributed by atoms with Gasteiger partial charge in [0.15, 0.2) is 0 Å². The molecule has 0 spiro atoms. The van der Waals surface area contributed by atoms with Crippen molar-refractivity contribution in [2.24, 2.45) is 5.92 Å². The van der Waals surface area contributed by atoms with Gasteiger partial charge in [0, 0.05) is 11.6 Å². The van der Waals surface area contributed by atoms with E-state index in [-0.39, 0.29) is 18.3 Å². The van der Waals surface area contributed by atoms with E-state index in [1.54, 1.807) is 11.3 Å². The number of carbonyl (C=O) groups is 1. The first-order valence-electron chi connectivity index (χ1n) is 7.53. The molecule has 1 aromatic heterocycles. The number of nitrogens with one attached hydrogen (secondary N) is 2. The van der Waals surface area contributed by atoms with Crippen LogP contribution in [0.5, 0.6) is 0 Å². The number of carbonyl (C=O) groups excluding carboxylic acids is 1. The van der Waals surface area contributed by atoms with Gasteiger partial charge in [-0.3, -0.25) is 4.79 Å². The fourth-order valence-electron chi connectivity index (χ4n) is 2.18. The summed E-state index contributed by atoms with van der Waals surface area (Å²) in [7, 11) is 0. The van der Waals surface area contributed by atoms with E-state index in [0.717, 1.165) is 33.4 Å². The van der Waals surface area contributed by atoms with Crippen LogP contribution < -0.4 is 10.6 Å². The first kappa shape index (κ1) is 17.2. The molecule has 120 valence electrons.